The molecule has 98 valence electrons. The van der Waals surface area contributed by atoms with Gasteiger partial charge in [0, 0.05) is 23.4 Å². The first-order valence-corrected chi connectivity index (χ1v) is 5.32. The van der Waals surface area contributed by atoms with Crippen LogP contribution in [0, 0.1) is 17.0 Å². The predicted octanol–water partition coefficient (Wildman–Crippen LogP) is 2.94. The highest BCUT2D eigenvalue weighted by Gasteiger charge is 2.13. The smallest absolute Gasteiger partial charge is 0.371 e. The molecule has 0 unspecified atom stereocenters. The Morgan fingerprint density at radius 2 is 2.11 bits per heavy atom. The number of nitrogens with zero attached hydrogens (tertiary/aromatic N) is 1. The molecule has 0 spiro atoms. The van der Waals surface area contributed by atoms with Gasteiger partial charge in [-0.15, -0.1) is 0 Å². The number of aryl methyl sites for hydroxylation is 1. The first-order valence-electron chi connectivity index (χ1n) is 5.32. The highest BCUT2D eigenvalue weighted by atomic mass is 16.6. The summed E-state index contributed by atoms with van der Waals surface area (Å²) in [5.41, 5.74) is 0.972. The normalized spacial score (nSPS) is 10.2. The highest BCUT2D eigenvalue weighted by Crippen LogP contribution is 2.25. The van der Waals surface area contributed by atoms with Crippen molar-refractivity contribution >= 4 is 23.2 Å². The van der Waals surface area contributed by atoms with Gasteiger partial charge in [0.25, 0.3) is 5.69 Å². The Kier molecular flexibility index (Phi) is 3.19. The number of nitro groups is 1. The Morgan fingerprint density at radius 1 is 1.37 bits per heavy atom. The molecule has 0 bridgehead atoms. The molecule has 19 heavy (non-hydrogen) atoms. The summed E-state index contributed by atoms with van der Waals surface area (Å²) in [4.78, 5) is 21.0. The molecule has 7 nitrogen and oxygen atoms in total. The summed E-state index contributed by atoms with van der Waals surface area (Å²) in [5.74, 6) is -1.18. The first kappa shape index (κ1) is 12.6. The van der Waals surface area contributed by atoms with Crippen molar-refractivity contribution < 1.29 is 19.2 Å². The lowest BCUT2D eigenvalue weighted by Crippen LogP contribution is -1.95. The van der Waals surface area contributed by atoms with Gasteiger partial charge in [-0.25, -0.2) is 4.79 Å². The van der Waals surface area contributed by atoms with Crippen LogP contribution < -0.4 is 5.32 Å². The van der Waals surface area contributed by atoms with Crippen molar-refractivity contribution in [3.05, 3.63) is 51.8 Å². The molecule has 0 fully saturated rings. The van der Waals surface area contributed by atoms with Gasteiger partial charge < -0.3 is 14.8 Å². The molecule has 7 heteroatoms. The Hall–Kier alpha value is -2.83. The minimum atomic E-state index is -1.18. The van der Waals surface area contributed by atoms with Crippen LogP contribution in [0.25, 0.3) is 0 Å². The Bertz CT molecular complexity index is 647. The minimum absolute atomic E-state index is 0.0185. The van der Waals surface area contributed by atoms with Crippen molar-refractivity contribution in [3.63, 3.8) is 0 Å². The monoisotopic (exact) mass is 262 g/mol. The van der Waals surface area contributed by atoms with Crippen molar-refractivity contribution in [1.29, 1.82) is 0 Å². The Morgan fingerprint density at radius 3 is 2.68 bits per heavy atom. The van der Waals surface area contributed by atoms with E-state index >= 15 is 0 Å². The van der Waals surface area contributed by atoms with Gasteiger partial charge >= 0.3 is 5.97 Å². The average Bonchev–Trinajstić information content (AvgIpc) is 2.80. The van der Waals surface area contributed by atoms with Gasteiger partial charge in [0.1, 0.15) is 0 Å². The number of carboxylic acid groups (broad SMARTS) is 1. The zero-order valence-electron chi connectivity index (χ0n) is 9.91. The van der Waals surface area contributed by atoms with Gasteiger partial charge in [-0.05, 0) is 19.1 Å². The summed E-state index contributed by atoms with van der Waals surface area (Å²) in [6.45, 7) is 1.64. The van der Waals surface area contributed by atoms with Gasteiger partial charge in [0.15, 0.2) is 5.88 Å². The van der Waals surface area contributed by atoms with Gasteiger partial charge in [0.2, 0.25) is 5.76 Å². The third kappa shape index (κ3) is 2.71. The summed E-state index contributed by atoms with van der Waals surface area (Å²) in [6.07, 6.45) is 0. The molecule has 1 aromatic carbocycles. The van der Waals surface area contributed by atoms with E-state index in [9.17, 15) is 14.9 Å². The molecular formula is C12H10N2O5. The highest BCUT2D eigenvalue weighted by molar-refractivity contribution is 5.85. The van der Waals surface area contributed by atoms with E-state index in [0.29, 0.717) is 11.3 Å². The molecule has 2 rings (SSSR count). The van der Waals surface area contributed by atoms with E-state index in [4.69, 9.17) is 9.52 Å². The number of carbonyl (C=O) groups is 1. The van der Waals surface area contributed by atoms with Crippen LogP contribution in [0.15, 0.2) is 34.7 Å². The Labute approximate surface area is 107 Å². The van der Waals surface area contributed by atoms with Gasteiger partial charge in [-0.2, -0.15) is 0 Å². The van der Waals surface area contributed by atoms with E-state index < -0.39 is 10.9 Å². The summed E-state index contributed by atoms with van der Waals surface area (Å²) in [6, 6.07) is 7.34. The lowest BCUT2D eigenvalue weighted by atomic mass is 10.2. The molecule has 0 radical (unpaired) electrons. The molecule has 0 atom stereocenters. The van der Waals surface area contributed by atoms with Crippen LogP contribution in [0.3, 0.4) is 0 Å². The lowest BCUT2D eigenvalue weighted by molar-refractivity contribution is -0.385. The van der Waals surface area contributed by atoms with Crippen molar-refractivity contribution in [1.82, 2.24) is 0 Å². The number of benzene rings is 1. The minimum Gasteiger partial charge on any atom is -0.475 e. The number of rotatable bonds is 4. The summed E-state index contributed by atoms with van der Waals surface area (Å²) in [7, 11) is 0. The molecule has 0 saturated heterocycles. The van der Waals surface area contributed by atoms with Crippen molar-refractivity contribution in [2.24, 2.45) is 0 Å². The van der Waals surface area contributed by atoms with Crippen LogP contribution in [0.2, 0.25) is 0 Å². The quantitative estimate of drug-likeness (QED) is 0.648. The van der Waals surface area contributed by atoms with E-state index in [2.05, 4.69) is 5.32 Å². The molecule has 0 amide bonds. The second kappa shape index (κ2) is 4.81. The summed E-state index contributed by atoms with van der Waals surface area (Å²) >= 11 is 0. The Balaban J connectivity index is 2.25. The second-order valence-corrected chi connectivity index (χ2v) is 3.85. The maximum Gasteiger partial charge on any atom is 0.371 e. The molecular weight excluding hydrogens is 252 g/mol. The van der Waals surface area contributed by atoms with Crippen LogP contribution in [0.4, 0.5) is 17.3 Å². The molecule has 0 aliphatic carbocycles. The van der Waals surface area contributed by atoms with E-state index in [1.54, 1.807) is 19.1 Å². The SMILES string of the molecule is Cc1ccc(Nc2ccc(C(=O)O)o2)cc1[N+](=O)[O-]. The summed E-state index contributed by atoms with van der Waals surface area (Å²) in [5, 5.41) is 22.3. The molecule has 2 N–H and O–H groups in total. The standard InChI is InChI=1S/C12H10N2O5/c1-7-2-3-8(6-9(7)14(17)18)13-11-5-4-10(19-11)12(15)16/h2-6,13H,1H3,(H,15,16). The number of nitrogens with one attached hydrogen (secondary N) is 1. The van der Waals surface area contributed by atoms with E-state index in [-0.39, 0.29) is 17.3 Å². The van der Waals surface area contributed by atoms with Crippen molar-refractivity contribution in [2.75, 3.05) is 5.32 Å². The van der Waals surface area contributed by atoms with E-state index in [1.807, 2.05) is 0 Å². The van der Waals surface area contributed by atoms with Crippen LogP contribution in [0.5, 0.6) is 0 Å². The van der Waals surface area contributed by atoms with Gasteiger partial charge in [-0.1, -0.05) is 6.07 Å². The third-order valence-electron chi connectivity index (χ3n) is 2.49. The average molecular weight is 262 g/mol. The number of carboxylic acids is 1. The molecule has 0 aliphatic heterocycles. The van der Waals surface area contributed by atoms with Crippen LogP contribution >= 0.6 is 0 Å². The maximum absolute atomic E-state index is 10.8. The van der Waals surface area contributed by atoms with Gasteiger partial charge in [0.05, 0.1) is 4.92 Å². The second-order valence-electron chi connectivity index (χ2n) is 3.85. The van der Waals surface area contributed by atoms with Crippen LogP contribution in [-0.2, 0) is 0 Å². The first-order chi connectivity index (χ1) is 8.97. The molecule has 1 aromatic heterocycles. The number of hydrogen-bond donors (Lipinski definition) is 2. The number of anilines is 2. The molecule has 1 heterocycles. The predicted molar refractivity (Wildman–Crippen MR) is 66.8 cm³/mol. The third-order valence-corrected chi connectivity index (χ3v) is 2.49. The van der Waals surface area contributed by atoms with E-state index in [0.717, 1.165) is 0 Å². The molecule has 2 aromatic rings. The lowest BCUT2D eigenvalue weighted by Gasteiger charge is -2.04. The number of hydrogen-bond acceptors (Lipinski definition) is 5. The fourth-order valence-corrected chi connectivity index (χ4v) is 1.55. The summed E-state index contributed by atoms with van der Waals surface area (Å²) < 4.78 is 5.00. The number of furan rings is 1. The zero-order valence-corrected chi connectivity index (χ0v) is 9.91. The van der Waals surface area contributed by atoms with Crippen LogP contribution in [-0.4, -0.2) is 16.0 Å². The largest absolute Gasteiger partial charge is 0.475 e. The van der Waals surface area contributed by atoms with Gasteiger partial charge in [-0.3, -0.25) is 10.1 Å². The number of nitro benzene ring substituents is 1. The maximum atomic E-state index is 10.8. The fourth-order valence-electron chi connectivity index (χ4n) is 1.55. The topological polar surface area (TPSA) is 106 Å². The fraction of sp³-hybridized carbons (Fsp3) is 0.0833. The molecule has 0 saturated carbocycles. The number of aromatic carboxylic acids is 1. The van der Waals surface area contributed by atoms with E-state index in [1.165, 1.54) is 18.2 Å². The van der Waals surface area contributed by atoms with Crippen molar-refractivity contribution in [3.8, 4) is 0 Å². The zero-order chi connectivity index (χ0) is 14.0. The van der Waals surface area contributed by atoms with Crippen LogP contribution in [0.1, 0.15) is 16.1 Å². The molecule has 0 aliphatic rings. The van der Waals surface area contributed by atoms with Crippen molar-refractivity contribution in [2.45, 2.75) is 6.92 Å².